The fourth-order valence-corrected chi connectivity index (χ4v) is 2.10. The van der Waals surface area contributed by atoms with Gasteiger partial charge < -0.3 is 9.64 Å². The van der Waals surface area contributed by atoms with Crippen molar-refractivity contribution >= 4 is 11.6 Å². The number of nitriles is 1. The Bertz CT molecular complexity index is 456. The lowest BCUT2D eigenvalue weighted by atomic mass is 10.0. The highest BCUT2D eigenvalue weighted by molar-refractivity contribution is 5.94. The highest BCUT2D eigenvalue weighted by Gasteiger charge is 2.25. The van der Waals surface area contributed by atoms with E-state index in [9.17, 15) is 4.79 Å². The predicted molar refractivity (Wildman–Crippen MR) is 68.1 cm³/mol. The smallest absolute Gasteiger partial charge is 0.232 e. The predicted octanol–water partition coefficient (Wildman–Crippen LogP) is 1.95. The van der Waals surface area contributed by atoms with Crippen LogP contribution in [-0.4, -0.2) is 26.2 Å². The lowest BCUT2D eigenvalue weighted by Gasteiger charge is -2.26. The molecule has 0 bridgehead atoms. The van der Waals surface area contributed by atoms with E-state index in [1.54, 1.807) is 36.2 Å². The molecule has 1 aromatic carbocycles. The molecular weight excluding hydrogens is 228 g/mol. The summed E-state index contributed by atoms with van der Waals surface area (Å²) in [6, 6.07) is 9.08. The first-order valence-electron chi connectivity index (χ1n) is 6.08. The van der Waals surface area contributed by atoms with Crippen LogP contribution in [0.2, 0.25) is 0 Å². The summed E-state index contributed by atoms with van der Waals surface area (Å²) in [5.41, 5.74) is 1.41. The third-order valence-corrected chi connectivity index (χ3v) is 3.22. The van der Waals surface area contributed by atoms with Gasteiger partial charge >= 0.3 is 0 Å². The maximum absolute atomic E-state index is 12.2. The Morgan fingerprint density at radius 3 is 2.72 bits per heavy atom. The van der Waals surface area contributed by atoms with Crippen LogP contribution >= 0.6 is 0 Å². The van der Waals surface area contributed by atoms with Crippen LogP contribution in [0.4, 0.5) is 5.69 Å². The molecule has 18 heavy (non-hydrogen) atoms. The molecule has 1 aliphatic rings. The van der Waals surface area contributed by atoms with Gasteiger partial charge in [0.25, 0.3) is 0 Å². The van der Waals surface area contributed by atoms with Gasteiger partial charge in [-0.05, 0) is 37.1 Å². The number of amides is 1. The Morgan fingerprint density at radius 2 is 2.17 bits per heavy atom. The average Bonchev–Trinajstić information content (AvgIpc) is 2.47. The number of rotatable bonds is 2. The molecule has 0 N–H and O–H groups in total. The number of benzene rings is 1. The van der Waals surface area contributed by atoms with E-state index >= 15 is 0 Å². The number of hydrogen-bond acceptors (Lipinski definition) is 3. The lowest BCUT2D eigenvalue weighted by Crippen LogP contribution is -2.37. The van der Waals surface area contributed by atoms with Crippen LogP contribution in [-0.2, 0) is 9.53 Å². The van der Waals surface area contributed by atoms with Gasteiger partial charge in [0.05, 0.1) is 24.2 Å². The van der Waals surface area contributed by atoms with E-state index < -0.39 is 0 Å². The molecule has 0 radical (unpaired) electrons. The molecule has 1 aromatic rings. The number of anilines is 1. The first-order valence-corrected chi connectivity index (χ1v) is 6.08. The number of nitrogens with zero attached hydrogens (tertiary/aromatic N) is 2. The van der Waals surface area contributed by atoms with Crippen LogP contribution in [0.15, 0.2) is 24.3 Å². The second kappa shape index (κ2) is 5.65. The van der Waals surface area contributed by atoms with E-state index in [-0.39, 0.29) is 11.8 Å². The molecule has 4 nitrogen and oxygen atoms in total. The molecule has 1 unspecified atom stereocenters. The van der Waals surface area contributed by atoms with Crippen molar-refractivity contribution in [2.45, 2.75) is 12.8 Å². The number of carbonyl (C=O) groups excluding carboxylic acids is 1. The second-order valence-electron chi connectivity index (χ2n) is 4.47. The van der Waals surface area contributed by atoms with Crippen molar-refractivity contribution in [1.82, 2.24) is 0 Å². The van der Waals surface area contributed by atoms with Crippen molar-refractivity contribution < 1.29 is 9.53 Å². The zero-order valence-electron chi connectivity index (χ0n) is 10.4. The van der Waals surface area contributed by atoms with Crippen LogP contribution in [0, 0.1) is 17.2 Å². The summed E-state index contributed by atoms with van der Waals surface area (Å²) in [4.78, 5) is 13.9. The van der Waals surface area contributed by atoms with E-state index in [0.29, 0.717) is 12.2 Å². The van der Waals surface area contributed by atoms with Crippen LogP contribution < -0.4 is 4.90 Å². The zero-order chi connectivity index (χ0) is 13.0. The van der Waals surface area contributed by atoms with Crippen LogP contribution in [0.3, 0.4) is 0 Å². The minimum Gasteiger partial charge on any atom is -0.381 e. The number of carbonyl (C=O) groups is 1. The summed E-state index contributed by atoms with van der Waals surface area (Å²) in [5.74, 6) is 0.0406. The van der Waals surface area contributed by atoms with E-state index in [1.165, 1.54) is 0 Å². The summed E-state index contributed by atoms with van der Waals surface area (Å²) in [6.07, 6.45) is 1.83. The van der Waals surface area contributed by atoms with Crippen LogP contribution in [0.1, 0.15) is 18.4 Å². The topological polar surface area (TPSA) is 53.3 Å². The Morgan fingerprint density at radius 1 is 1.44 bits per heavy atom. The molecule has 1 fully saturated rings. The Labute approximate surface area is 107 Å². The monoisotopic (exact) mass is 244 g/mol. The van der Waals surface area contributed by atoms with E-state index in [4.69, 9.17) is 10.00 Å². The fraction of sp³-hybridized carbons (Fsp3) is 0.429. The molecule has 1 heterocycles. The largest absolute Gasteiger partial charge is 0.381 e. The summed E-state index contributed by atoms with van der Waals surface area (Å²) >= 11 is 0. The third kappa shape index (κ3) is 2.69. The minimum absolute atomic E-state index is 0.0422. The van der Waals surface area contributed by atoms with Gasteiger partial charge in [-0.15, -0.1) is 0 Å². The minimum atomic E-state index is -0.0422. The second-order valence-corrected chi connectivity index (χ2v) is 4.47. The summed E-state index contributed by atoms with van der Waals surface area (Å²) in [5, 5.41) is 8.73. The Balaban J connectivity index is 2.07. The zero-order valence-corrected chi connectivity index (χ0v) is 10.4. The van der Waals surface area contributed by atoms with Gasteiger partial charge in [-0.1, -0.05) is 0 Å². The number of hydrogen-bond donors (Lipinski definition) is 0. The summed E-state index contributed by atoms with van der Waals surface area (Å²) < 4.78 is 5.34. The molecule has 1 aliphatic heterocycles. The summed E-state index contributed by atoms with van der Waals surface area (Å²) in [6.45, 7) is 1.27. The molecular formula is C14H16N2O2. The van der Waals surface area contributed by atoms with Crippen molar-refractivity contribution in [3.05, 3.63) is 29.8 Å². The Hall–Kier alpha value is -1.86. The van der Waals surface area contributed by atoms with Crippen LogP contribution in [0.25, 0.3) is 0 Å². The molecule has 94 valence electrons. The third-order valence-electron chi connectivity index (χ3n) is 3.22. The van der Waals surface area contributed by atoms with Crippen molar-refractivity contribution in [3.63, 3.8) is 0 Å². The van der Waals surface area contributed by atoms with Gasteiger partial charge in [-0.25, -0.2) is 0 Å². The van der Waals surface area contributed by atoms with Gasteiger partial charge in [0.1, 0.15) is 0 Å². The highest BCUT2D eigenvalue weighted by atomic mass is 16.5. The van der Waals surface area contributed by atoms with Gasteiger partial charge in [0.2, 0.25) is 5.91 Å². The van der Waals surface area contributed by atoms with Gasteiger partial charge in [-0.3, -0.25) is 4.79 Å². The van der Waals surface area contributed by atoms with E-state index in [2.05, 4.69) is 6.07 Å². The molecule has 2 rings (SSSR count). The molecule has 4 heteroatoms. The van der Waals surface area contributed by atoms with Crippen molar-refractivity contribution in [1.29, 1.82) is 5.26 Å². The maximum Gasteiger partial charge on any atom is 0.232 e. The first-order chi connectivity index (χ1) is 8.72. The van der Waals surface area contributed by atoms with Gasteiger partial charge in [0, 0.05) is 19.3 Å². The molecule has 0 saturated carbocycles. The lowest BCUT2D eigenvalue weighted by molar-refractivity contribution is -0.125. The van der Waals surface area contributed by atoms with Crippen molar-refractivity contribution in [2.24, 2.45) is 5.92 Å². The van der Waals surface area contributed by atoms with Crippen molar-refractivity contribution in [2.75, 3.05) is 25.2 Å². The van der Waals surface area contributed by atoms with E-state index in [0.717, 1.165) is 25.1 Å². The maximum atomic E-state index is 12.2. The highest BCUT2D eigenvalue weighted by Crippen LogP contribution is 2.20. The van der Waals surface area contributed by atoms with Crippen LogP contribution in [0.5, 0.6) is 0 Å². The fourth-order valence-electron chi connectivity index (χ4n) is 2.10. The first kappa shape index (κ1) is 12.6. The molecule has 1 saturated heterocycles. The quantitative estimate of drug-likeness (QED) is 0.799. The molecule has 0 spiro atoms. The molecule has 1 atom stereocenters. The Kier molecular flexibility index (Phi) is 3.96. The standard InChI is InChI=1S/C14H16N2O2/c1-16(13-6-4-11(9-15)5-7-13)14(17)12-3-2-8-18-10-12/h4-7,12H,2-3,8,10H2,1H3. The van der Waals surface area contributed by atoms with Crippen molar-refractivity contribution in [3.8, 4) is 6.07 Å². The summed E-state index contributed by atoms with van der Waals surface area (Å²) in [7, 11) is 1.76. The molecule has 0 aromatic heterocycles. The van der Waals surface area contributed by atoms with E-state index in [1.807, 2.05) is 0 Å². The SMILES string of the molecule is CN(C(=O)C1CCCOC1)c1ccc(C#N)cc1. The molecule has 0 aliphatic carbocycles. The van der Waals surface area contributed by atoms with Gasteiger partial charge in [0.15, 0.2) is 0 Å². The normalized spacial score (nSPS) is 19.0. The average molecular weight is 244 g/mol. The molecule has 1 amide bonds. The number of ether oxygens (including phenoxy) is 1. The van der Waals surface area contributed by atoms with Gasteiger partial charge in [-0.2, -0.15) is 5.26 Å².